The molecular formula is C18H23F3N2O. The third-order valence-corrected chi connectivity index (χ3v) is 5.41. The lowest BCUT2D eigenvalue weighted by Gasteiger charge is -2.37. The number of nitrogens with zero attached hydrogens (tertiary/aromatic N) is 1. The van der Waals surface area contributed by atoms with E-state index in [4.69, 9.17) is 0 Å². The fourth-order valence-corrected chi connectivity index (χ4v) is 4.20. The SMILES string of the molecule is CC(C)N1C[C@@H](c2ccccc2C(F)(F)F)[C@]2(CCCNC2)C1=O. The molecule has 2 heterocycles. The first-order chi connectivity index (χ1) is 11.3. The smallest absolute Gasteiger partial charge is 0.339 e. The summed E-state index contributed by atoms with van der Waals surface area (Å²) in [4.78, 5) is 14.8. The summed E-state index contributed by atoms with van der Waals surface area (Å²) in [6.45, 7) is 5.45. The first-order valence-corrected chi connectivity index (χ1v) is 8.45. The molecule has 132 valence electrons. The number of amides is 1. The van der Waals surface area contributed by atoms with Gasteiger partial charge in [-0.15, -0.1) is 0 Å². The quantitative estimate of drug-likeness (QED) is 0.895. The molecule has 2 atom stereocenters. The van der Waals surface area contributed by atoms with Crippen molar-refractivity contribution in [1.82, 2.24) is 10.2 Å². The summed E-state index contributed by atoms with van der Waals surface area (Å²) in [5.74, 6) is -0.440. The van der Waals surface area contributed by atoms with Gasteiger partial charge in [0.15, 0.2) is 0 Å². The van der Waals surface area contributed by atoms with E-state index in [2.05, 4.69) is 5.32 Å². The van der Waals surface area contributed by atoms with Crippen LogP contribution in [0, 0.1) is 5.41 Å². The number of hydrogen-bond donors (Lipinski definition) is 1. The van der Waals surface area contributed by atoms with E-state index in [1.807, 2.05) is 13.8 Å². The number of likely N-dealkylation sites (tertiary alicyclic amines) is 1. The van der Waals surface area contributed by atoms with Crippen LogP contribution in [-0.2, 0) is 11.0 Å². The van der Waals surface area contributed by atoms with E-state index >= 15 is 0 Å². The van der Waals surface area contributed by atoms with Crippen molar-refractivity contribution in [2.45, 2.75) is 44.8 Å². The molecule has 0 aliphatic carbocycles. The molecule has 1 spiro atoms. The van der Waals surface area contributed by atoms with Gasteiger partial charge in [0.25, 0.3) is 0 Å². The van der Waals surface area contributed by atoms with Crippen LogP contribution in [0.4, 0.5) is 13.2 Å². The second-order valence-corrected chi connectivity index (χ2v) is 7.13. The van der Waals surface area contributed by atoms with Gasteiger partial charge in [0.05, 0.1) is 11.0 Å². The number of benzene rings is 1. The molecule has 0 unspecified atom stereocenters. The molecule has 0 radical (unpaired) electrons. The second-order valence-electron chi connectivity index (χ2n) is 7.13. The molecule has 6 heteroatoms. The van der Waals surface area contributed by atoms with E-state index in [1.54, 1.807) is 17.0 Å². The minimum Gasteiger partial charge on any atom is -0.339 e. The van der Waals surface area contributed by atoms with Gasteiger partial charge in [-0.3, -0.25) is 4.79 Å². The molecule has 0 bridgehead atoms. The van der Waals surface area contributed by atoms with Crippen LogP contribution in [0.2, 0.25) is 0 Å². The number of carbonyl (C=O) groups excluding carboxylic acids is 1. The molecule has 2 aliphatic heterocycles. The molecule has 1 N–H and O–H groups in total. The van der Waals surface area contributed by atoms with Gasteiger partial charge in [-0.25, -0.2) is 0 Å². The summed E-state index contributed by atoms with van der Waals surface area (Å²) in [6, 6.07) is 5.70. The van der Waals surface area contributed by atoms with Crippen LogP contribution in [0.15, 0.2) is 24.3 Å². The van der Waals surface area contributed by atoms with E-state index in [0.717, 1.165) is 19.0 Å². The van der Waals surface area contributed by atoms with Crippen molar-refractivity contribution in [2.75, 3.05) is 19.6 Å². The van der Waals surface area contributed by atoms with Crippen molar-refractivity contribution >= 4 is 5.91 Å². The summed E-state index contributed by atoms with van der Waals surface area (Å²) in [6.07, 6.45) is -2.96. The number of piperidine rings is 1. The molecule has 24 heavy (non-hydrogen) atoms. The van der Waals surface area contributed by atoms with E-state index in [0.29, 0.717) is 19.5 Å². The van der Waals surface area contributed by atoms with Gasteiger partial charge in [-0.2, -0.15) is 13.2 Å². The van der Waals surface area contributed by atoms with Crippen LogP contribution in [0.5, 0.6) is 0 Å². The Labute approximate surface area is 140 Å². The lowest BCUT2D eigenvalue weighted by Crippen LogP contribution is -2.48. The summed E-state index contributed by atoms with van der Waals surface area (Å²) in [5.41, 5.74) is -1.12. The van der Waals surface area contributed by atoms with Crippen molar-refractivity contribution in [2.24, 2.45) is 5.41 Å². The van der Waals surface area contributed by atoms with E-state index in [-0.39, 0.29) is 17.5 Å². The van der Waals surface area contributed by atoms with Crippen molar-refractivity contribution in [1.29, 1.82) is 0 Å². The van der Waals surface area contributed by atoms with Gasteiger partial charge < -0.3 is 10.2 Å². The van der Waals surface area contributed by atoms with E-state index < -0.39 is 23.1 Å². The largest absolute Gasteiger partial charge is 0.416 e. The molecule has 1 aromatic rings. The fourth-order valence-electron chi connectivity index (χ4n) is 4.20. The zero-order valence-corrected chi connectivity index (χ0v) is 14.0. The number of halogens is 3. The molecule has 2 saturated heterocycles. The predicted molar refractivity (Wildman–Crippen MR) is 85.6 cm³/mol. The Hall–Kier alpha value is -1.56. The van der Waals surface area contributed by atoms with Crippen LogP contribution < -0.4 is 5.32 Å². The third-order valence-electron chi connectivity index (χ3n) is 5.41. The minimum atomic E-state index is -4.41. The second kappa shape index (κ2) is 6.06. The lowest BCUT2D eigenvalue weighted by atomic mass is 9.68. The van der Waals surface area contributed by atoms with Gasteiger partial charge in [0.2, 0.25) is 5.91 Å². The van der Waals surface area contributed by atoms with Gasteiger partial charge in [0.1, 0.15) is 0 Å². The van der Waals surface area contributed by atoms with Crippen LogP contribution in [0.1, 0.15) is 43.7 Å². The highest BCUT2D eigenvalue weighted by Gasteiger charge is 2.56. The molecule has 2 aliphatic rings. The molecule has 0 saturated carbocycles. The fraction of sp³-hybridized carbons (Fsp3) is 0.611. The molecule has 1 aromatic carbocycles. The number of nitrogens with one attached hydrogen (secondary N) is 1. The number of hydrogen-bond acceptors (Lipinski definition) is 2. The monoisotopic (exact) mass is 340 g/mol. The maximum Gasteiger partial charge on any atom is 0.416 e. The summed E-state index contributed by atoms with van der Waals surface area (Å²) in [5, 5.41) is 3.24. The number of carbonyl (C=O) groups is 1. The first kappa shape index (κ1) is 17.3. The Bertz CT molecular complexity index is 621. The molecule has 1 amide bonds. The van der Waals surface area contributed by atoms with Crippen molar-refractivity contribution in [3.05, 3.63) is 35.4 Å². The summed E-state index contributed by atoms with van der Waals surface area (Å²) < 4.78 is 40.5. The number of rotatable bonds is 2. The highest BCUT2D eigenvalue weighted by Crippen LogP contribution is 2.51. The molecule has 2 fully saturated rings. The van der Waals surface area contributed by atoms with E-state index in [9.17, 15) is 18.0 Å². The maximum atomic E-state index is 13.5. The normalized spacial score (nSPS) is 28.2. The average molecular weight is 340 g/mol. The zero-order chi connectivity index (χ0) is 17.5. The molecule has 0 aromatic heterocycles. The molecular weight excluding hydrogens is 317 g/mol. The van der Waals surface area contributed by atoms with Gasteiger partial charge >= 0.3 is 6.18 Å². The van der Waals surface area contributed by atoms with Crippen LogP contribution in [0.3, 0.4) is 0 Å². The van der Waals surface area contributed by atoms with Crippen molar-refractivity contribution in [3.63, 3.8) is 0 Å². The predicted octanol–water partition coefficient (Wildman–Crippen LogP) is 3.41. The molecule has 3 rings (SSSR count). The van der Waals surface area contributed by atoms with Crippen molar-refractivity contribution in [3.8, 4) is 0 Å². The third kappa shape index (κ3) is 2.70. The Morgan fingerprint density at radius 3 is 2.58 bits per heavy atom. The summed E-state index contributed by atoms with van der Waals surface area (Å²) in [7, 11) is 0. The average Bonchev–Trinajstić information content (AvgIpc) is 2.81. The minimum absolute atomic E-state index is 0.00771. The molecule has 3 nitrogen and oxygen atoms in total. The first-order valence-electron chi connectivity index (χ1n) is 8.45. The van der Waals surface area contributed by atoms with Gasteiger partial charge in [-0.05, 0) is 44.9 Å². The van der Waals surface area contributed by atoms with Gasteiger partial charge in [0, 0.05) is 25.0 Å². The maximum absolute atomic E-state index is 13.5. The van der Waals surface area contributed by atoms with Crippen molar-refractivity contribution < 1.29 is 18.0 Å². The Balaban J connectivity index is 2.10. The highest BCUT2D eigenvalue weighted by molar-refractivity contribution is 5.87. The van der Waals surface area contributed by atoms with Crippen LogP contribution >= 0.6 is 0 Å². The van der Waals surface area contributed by atoms with Crippen LogP contribution in [-0.4, -0.2) is 36.5 Å². The Morgan fingerprint density at radius 2 is 2.00 bits per heavy atom. The number of alkyl halides is 3. The lowest BCUT2D eigenvalue weighted by molar-refractivity contribution is -0.141. The Kier molecular flexibility index (Phi) is 4.36. The topological polar surface area (TPSA) is 32.3 Å². The summed E-state index contributed by atoms with van der Waals surface area (Å²) >= 11 is 0. The van der Waals surface area contributed by atoms with E-state index in [1.165, 1.54) is 6.07 Å². The Morgan fingerprint density at radius 1 is 1.29 bits per heavy atom. The highest BCUT2D eigenvalue weighted by atomic mass is 19.4. The van der Waals surface area contributed by atoms with Crippen LogP contribution in [0.25, 0.3) is 0 Å². The van der Waals surface area contributed by atoms with Gasteiger partial charge in [-0.1, -0.05) is 18.2 Å². The zero-order valence-electron chi connectivity index (χ0n) is 14.0. The standard InChI is InChI=1S/C18H23F3N2O/c1-12(2)23-10-15(17(16(23)24)8-5-9-22-11-17)13-6-3-4-7-14(13)18(19,20)21/h3-4,6-7,12,15,22H,5,8-11H2,1-2H3/t15-,17+/m0/s1.